The lowest BCUT2D eigenvalue weighted by Gasteiger charge is -2.13. The van der Waals surface area contributed by atoms with E-state index in [9.17, 15) is 5.11 Å². The summed E-state index contributed by atoms with van der Waals surface area (Å²) in [7, 11) is 0. The molecule has 1 aromatic heterocycles. The number of benzene rings is 2. The van der Waals surface area contributed by atoms with Gasteiger partial charge in [0.05, 0.1) is 0 Å². The first-order valence-electron chi connectivity index (χ1n) is 6.08. The third kappa shape index (κ3) is 2.14. The van der Waals surface area contributed by atoms with Gasteiger partial charge in [-0.25, -0.2) is 0 Å². The van der Waals surface area contributed by atoms with Gasteiger partial charge in [-0.05, 0) is 52.6 Å². The van der Waals surface area contributed by atoms with Crippen molar-refractivity contribution in [1.29, 1.82) is 0 Å². The van der Waals surface area contributed by atoms with Crippen molar-refractivity contribution in [2.24, 2.45) is 0 Å². The molecule has 1 unspecified atom stereocenters. The second kappa shape index (κ2) is 4.72. The van der Waals surface area contributed by atoms with E-state index in [1.54, 1.807) is 12.1 Å². The van der Waals surface area contributed by atoms with Gasteiger partial charge in [-0.2, -0.15) is 0 Å². The maximum Gasteiger partial charge on any atom is 0.193 e. The van der Waals surface area contributed by atoms with Crippen molar-refractivity contribution >= 4 is 22.4 Å². The van der Waals surface area contributed by atoms with Crippen LogP contribution in [0.2, 0.25) is 5.22 Å². The fraction of sp³-hybridized carbons (Fsp3) is 0.125. The summed E-state index contributed by atoms with van der Waals surface area (Å²) < 4.78 is 5.29. The summed E-state index contributed by atoms with van der Waals surface area (Å²) in [5, 5.41) is 12.9. The zero-order valence-electron chi connectivity index (χ0n) is 10.4. The van der Waals surface area contributed by atoms with Crippen LogP contribution in [0, 0.1) is 6.92 Å². The van der Waals surface area contributed by atoms with E-state index in [1.807, 2.05) is 30.3 Å². The van der Waals surface area contributed by atoms with Crippen molar-refractivity contribution in [2.45, 2.75) is 13.0 Å². The summed E-state index contributed by atoms with van der Waals surface area (Å²) in [6.07, 6.45) is -0.807. The van der Waals surface area contributed by atoms with Gasteiger partial charge in [0, 0.05) is 0 Å². The molecule has 19 heavy (non-hydrogen) atoms. The number of furan rings is 1. The fourth-order valence-electron chi connectivity index (χ4n) is 2.34. The first-order valence-corrected chi connectivity index (χ1v) is 6.46. The van der Waals surface area contributed by atoms with Gasteiger partial charge in [-0.15, -0.1) is 0 Å². The third-order valence-electron chi connectivity index (χ3n) is 3.33. The van der Waals surface area contributed by atoms with Gasteiger partial charge in [0.1, 0.15) is 11.9 Å². The molecule has 0 aliphatic rings. The normalized spacial score (nSPS) is 12.8. The Morgan fingerprint density at radius 3 is 2.42 bits per heavy atom. The Balaban J connectivity index is 2.18. The molecule has 1 atom stereocenters. The molecular weight excluding hydrogens is 260 g/mol. The Kier molecular flexibility index (Phi) is 3.05. The molecule has 2 aromatic carbocycles. The number of aryl methyl sites for hydroxylation is 1. The molecular formula is C16H13ClO2. The van der Waals surface area contributed by atoms with Crippen LogP contribution in [-0.2, 0) is 0 Å². The van der Waals surface area contributed by atoms with Crippen LogP contribution in [0.1, 0.15) is 23.0 Å². The molecule has 0 fully saturated rings. The largest absolute Gasteiger partial charge is 0.447 e. The van der Waals surface area contributed by atoms with E-state index in [2.05, 4.69) is 13.0 Å². The average Bonchev–Trinajstić information content (AvgIpc) is 2.86. The Morgan fingerprint density at radius 1 is 1.00 bits per heavy atom. The van der Waals surface area contributed by atoms with Gasteiger partial charge in [0.25, 0.3) is 0 Å². The first kappa shape index (κ1) is 12.3. The molecule has 0 spiro atoms. The van der Waals surface area contributed by atoms with Gasteiger partial charge in [0.2, 0.25) is 0 Å². The van der Waals surface area contributed by atoms with Crippen LogP contribution >= 0.6 is 11.6 Å². The molecule has 3 aromatic rings. The zero-order valence-corrected chi connectivity index (χ0v) is 11.2. The van der Waals surface area contributed by atoms with E-state index in [4.69, 9.17) is 16.0 Å². The van der Waals surface area contributed by atoms with E-state index in [1.165, 1.54) is 5.56 Å². The molecule has 1 N–H and O–H groups in total. The van der Waals surface area contributed by atoms with Crippen molar-refractivity contribution in [3.63, 3.8) is 0 Å². The van der Waals surface area contributed by atoms with E-state index >= 15 is 0 Å². The molecule has 0 bridgehead atoms. The van der Waals surface area contributed by atoms with Crippen LogP contribution in [-0.4, -0.2) is 5.11 Å². The van der Waals surface area contributed by atoms with Gasteiger partial charge in [-0.1, -0.05) is 36.4 Å². The lowest BCUT2D eigenvalue weighted by molar-refractivity contribution is 0.191. The molecule has 3 rings (SSSR count). The lowest BCUT2D eigenvalue weighted by atomic mass is 9.96. The van der Waals surface area contributed by atoms with E-state index in [-0.39, 0.29) is 5.22 Å². The number of fused-ring (bicyclic) bond motifs is 1. The molecule has 0 amide bonds. The fourth-order valence-corrected chi connectivity index (χ4v) is 2.49. The van der Waals surface area contributed by atoms with E-state index in [0.717, 1.165) is 16.3 Å². The van der Waals surface area contributed by atoms with Crippen LogP contribution in [0.15, 0.2) is 52.9 Å². The minimum Gasteiger partial charge on any atom is -0.447 e. The van der Waals surface area contributed by atoms with E-state index in [0.29, 0.717) is 5.76 Å². The summed E-state index contributed by atoms with van der Waals surface area (Å²) in [6.45, 7) is 2.06. The van der Waals surface area contributed by atoms with Crippen LogP contribution in [0.25, 0.3) is 10.8 Å². The van der Waals surface area contributed by atoms with Crippen LogP contribution in [0.5, 0.6) is 0 Å². The average molecular weight is 273 g/mol. The van der Waals surface area contributed by atoms with Gasteiger partial charge >= 0.3 is 0 Å². The highest BCUT2D eigenvalue weighted by Crippen LogP contribution is 2.32. The minimum absolute atomic E-state index is 0.283. The second-order valence-electron chi connectivity index (χ2n) is 4.56. The zero-order chi connectivity index (χ0) is 13.4. The maximum atomic E-state index is 10.4. The Morgan fingerprint density at radius 2 is 1.74 bits per heavy atom. The van der Waals surface area contributed by atoms with Crippen molar-refractivity contribution in [2.75, 3.05) is 0 Å². The number of rotatable bonds is 2. The van der Waals surface area contributed by atoms with E-state index < -0.39 is 6.10 Å². The lowest BCUT2D eigenvalue weighted by Crippen LogP contribution is -1.99. The Hall–Kier alpha value is -1.77. The number of halogens is 1. The van der Waals surface area contributed by atoms with Crippen molar-refractivity contribution in [3.05, 3.63) is 70.6 Å². The summed E-state index contributed by atoms with van der Waals surface area (Å²) in [5.74, 6) is 0.457. The van der Waals surface area contributed by atoms with Gasteiger partial charge in [-0.3, -0.25) is 0 Å². The SMILES string of the molecule is Cc1ccc(C(O)c2ccc(Cl)o2)c2ccccc12. The Bertz CT molecular complexity index is 730. The summed E-state index contributed by atoms with van der Waals surface area (Å²) in [4.78, 5) is 0. The number of hydrogen-bond donors (Lipinski definition) is 1. The second-order valence-corrected chi connectivity index (χ2v) is 4.93. The van der Waals surface area contributed by atoms with Crippen molar-refractivity contribution in [3.8, 4) is 0 Å². The first-order chi connectivity index (χ1) is 9.16. The molecule has 1 heterocycles. The highest BCUT2D eigenvalue weighted by Gasteiger charge is 2.17. The summed E-state index contributed by atoms with van der Waals surface area (Å²) in [5.41, 5.74) is 2.01. The molecule has 0 aliphatic heterocycles. The van der Waals surface area contributed by atoms with Gasteiger partial charge in [0.15, 0.2) is 5.22 Å². The monoisotopic (exact) mass is 272 g/mol. The van der Waals surface area contributed by atoms with Crippen LogP contribution in [0.3, 0.4) is 0 Å². The standard InChI is InChI=1S/C16H13ClO2/c1-10-6-7-13(12-5-3-2-4-11(10)12)16(18)14-8-9-15(17)19-14/h2-9,16,18H,1H3. The van der Waals surface area contributed by atoms with Crippen LogP contribution in [0.4, 0.5) is 0 Å². The van der Waals surface area contributed by atoms with Crippen molar-refractivity contribution < 1.29 is 9.52 Å². The topological polar surface area (TPSA) is 33.4 Å². The molecule has 2 nitrogen and oxygen atoms in total. The Labute approximate surface area is 116 Å². The quantitative estimate of drug-likeness (QED) is 0.746. The smallest absolute Gasteiger partial charge is 0.193 e. The predicted molar refractivity (Wildman–Crippen MR) is 76.5 cm³/mol. The van der Waals surface area contributed by atoms with Crippen molar-refractivity contribution in [1.82, 2.24) is 0 Å². The predicted octanol–water partition coefficient (Wildman–Crippen LogP) is 4.48. The highest BCUT2D eigenvalue weighted by atomic mass is 35.5. The third-order valence-corrected chi connectivity index (χ3v) is 3.54. The number of aliphatic hydroxyl groups is 1. The molecule has 0 aliphatic carbocycles. The minimum atomic E-state index is -0.807. The molecule has 0 saturated carbocycles. The van der Waals surface area contributed by atoms with Crippen LogP contribution < -0.4 is 0 Å². The number of hydrogen-bond acceptors (Lipinski definition) is 2. The molecule has 0 saturated heterocycles. The number of aliphatic hydroxyl groups excluding tert-OH is 1. The summed E-state index contributed by atoms with van der Waals surface area (Å²) in [6, 6.07) is 15.3. The molecule has 0 radical (unpaired) electrons. The molecule has 96 valence electrons. The molecule has 3 heteroatoms. The maximum absolute atomic E-state index is 10.4. The van der Waals surface area contributed by atoms with Gasteiger partial charge < -0.3 is 9.52 Å². The summed E-state index contributed by atoms with van der Waals surface area (Å²) >= 11 is 5.76. The highest BCUT2D eigenvalue weighted by molar-refractivity contribution is 6.28.